The Bertz CT molecular complexity index is 690. The standard InChI is InChI=1S/C20H26O9/c1-12(21)25-11-16-17(27-13(2)22)18(26-10-15-8-6-5-7-9-15)19(28-14(3)23)20(24-4)29-16/h5-9,16-20H,10-11H2,1-4H3/t16-,17-,18+,19+,20+/m1/s1. The molecule has 160 valence electrons. The van der Waals surface area contributed by atoms with Crippen LogP contribution in [0.5, 0.6) is 0 Å². The van der Waals surface area contributed by atoms with Crippen LogP contribution in [0.25, 0.3) is 0 Å². The van der Waals surface area contributed by atoms with Crippen molar-refractivity contribution in [3.63, 3.8) is 0 Å². The van der Waals surface area contributed by atoms with Gasteiger partial charge in [-0.25, -0.2) is 0 Å². The van der Waals surface area contributed by atoms with Gasteiger partial charge in [0.15, 0.2) is 18.5 Å². The lowest BCUT2D eigenvalue weighted by Crippen LogP contribution is -2.62. The van der Waals surface area contributed by atoms with Gasteiger partial charge in [0.25, 0.3) is 0 Å². The van der Waals surface area contributed by atoms with Crippen LogP contribution < -0.4 is 0 Å². The topological polar surface area (TPSA) is 107 Å². The van der Waals surface area contributed by atoms with Crippen molar-refractivity contribution in [2.75, 3.05) is 13.7 Å². The van der Waals surface area contributed by atoms with Gasteiger partial charge in [0.1, 0.15) is 18.8 Å². The molecule has 5 atom stereocenters. The maximum Gasteiger partial charge on any atom is 0.303 e. The van der Waals surface area contributed by atoms with Crippen molar-refractivity contribution in [2.45, 2.75) is 58.1 Å². The second-order valence-electron chi connectivity index (χ2n) is 6.49. The van der Waals surface area contributed by atoms with E-state index in [4.69, 9.17) is 28.4 Å². The fourth-order valence-electron chi connectivity index (χ4n) is 3.01. The molecule has 2 rings (SSSR count). The van der Waals surface area contributed by atoms with Gasteiger partial charge in [0.05, 0.1) is 6.61 Å². The lowest BCUT2D eigenvalue weighted by atomic mass is 9.98. The molecule has 9 nitrogen and oxygen atoms in total. The largest absolute Gasteiger partial charge is 0.463 e. The Hall–Kier alpha value is -2.49. The molecule has 0 unspecified atom stereocenters. The Morgan fingerprint density at radius 3 is 2.07 bits per heavy atom. The highest BCUT2D eigenvalue weighted by molar-refractivity contribution is 5.67. The normalized spacial score (nSPS) is 26.4. The van der Waals surface area contributed by atoms with E-state index in [0.29, 0.717) is 0 Å². The summed E-state index contributed by atoms with van der Waals surface area (Å²) in [5, 5.41) is 0. The smallest absolute Gasteiger partial charge is 0.303 e. The molecule has 0 aliphatic carbocycles. The zero-order chi connectivity index (χ0) is 21.4. The Morgan fingerprint density at radius 1 is 0.897 bits per heavy atom. The van der Waals surface area contributed by atoms with Crippen molar-refractivity contribution in [3.05, 3.63) is 35.9 Å². The second-order valence-corrected chi connectivity index (χ2v) is 6.49. The highest BCUT2D eigenvalue weighted by atomic mass is 16.7. The molecule has 0 spiro atoms. The fourth-order valence-corrected chi connectivity index (χ4v) is 3.01. The lowest BCUT2D eigenvalue weighted by molar-refractivity contribution is -0.308. The van der Waals surface area contributed by atoms with Gasteiger partial charge in [-0.1, -0.05) is 30.3 Å². The van der Waals surface area contributed by atoms with Crippen LogP contribution in [-0.2, 0) is 49.4 Å². The number of carbonyl (C=O) groups excluding carboxylic acids is 3. The number of carbonyl (C=O) groups is 3. The number of esters is 3. The first-order valence-electron chi connectivity index (χ1n) is 9.13. The number of rotatable bonds is 8. The maximum absolute atomic E-state index is 11.7. The third-order valence-electron chi connectivity index (χ3n) is 4.16. The first-order valence-corrected chi connectivity index (χ1v) is 9.13. The first-order chi connectivity index (χ1) is 13.8. The summed E-state index contributed by atoms with van der Waals surface area (Å²) in [6, 6.07) is 9.32. The Labute approximate surface area is 169 Å². The van der Waals surface area contributed by atoms with Crippen LogP contribution in [0.4, 0.5) is 0 Å². The monoisotopic (exact) mass is 410 g/mol. The van der Waals surface area contributed by atoms with Gasteiger partial charge in [0, 0.05) is 27.9 Å². The summed E-state index contributed by atoms with van der Waals surface area (Å²) in [6.07, 6.45) is -4.79. The molecule has 1 aliphatic rings. The molecule has 1 fully saturated rings. The van der Waals surface area contributed by atoms with E-state index >= 15 is 0 Å². The van der Waals surface area contributed by atoms with Crippen LogP contribution in [0.2, 0.25) is 0 Å². The first kappa shape index (κ1) is 22.8. The highest BCUT2D eigenvalue weighted by Gasteiger charge is 2.51. The molecule has 0 bridgehead atoms. The average Bonchev–Trinajstić information content (AvgIpc) is 2.66. The van der Waals surface area contributed by atoms with Crippen molar-refractivity contribution >= 4 is 17.9 Å². The number of methoxy groups -OCH3 is 1. The summed E-state index contributed by atoms with van der Waals surface area (Å²) in [4.78, 5) is 34.6. The Balaban J connectivity index is 2.31. The maximum atomic E-state index is 11.7. The zero-order valence-corrected chi connectivity index (χ0v) is 16.9. The lowest BCUT2D eigenvalue weighted by Gasteiger charge is -2.44. The van der Waals surface area contributed by atoms with Crippen LogP contribution in [-0.4, -0.2) is 62.3 Å². The van der Waals surface area contributed by atoms with Gasteiger partial charge in [-0.2, -0.15) is 0 Å². The molecule has 1 heterocycles. The minimum atomic E-state index is -1.01. The molecule has 9 heteroatoms. The van der Waals surface area contributed by atoms with Crippen molar-refractivity contribution < 1.29 is 42.8 Å². The van der Waals surface area contributed by atoms with E-state index in [0.717, 1.165) is 5.56 Å². The second kappa shape index (κ2) is 10.9. The quantitative estimate of drug-likeness (QED) is 0.464. The molecule has 1 aromatic carbocycles. The van der Waals surface area contributed by atoms with E-state index in [9.17, 15) is 14.4 Å². The van der Waals surface area contributed by atoms with Crippen molar-refractivity contribution in [3.8, 4) is 0 Å². The third-order valence-corrected chi connectivity index (χ3v) is 4.16. The van der Waals surface area contributed by atoms with Crippen molar-refractivity contribution in [1.82, 2.24) is 0 Å². The van der Waals surface area contributed by atoms with E-state index in [1.807, 2.05) is 30.3 Å². The van der Waals surface area contributed by atoms with E-state index < -0.39 is 48.6 Å². The van der Waals surface area contributed by atoms with Gasteiger partial charge < -0.3 is 28.4 Å². The van der Waals surface area contributed by atoms with E-state index in [1.54, 1.807) is 0 Å². The van der Waals surface area contributed by atoms with E-state index in [-0.39, 0.29) is 13.2 Å². The van der Waals surface area contributed by atoms with Gasteiger partial charge in [-0.05, 0) is 5.56 Å². The van der Waals surface area contributed by atoms with Gasteiger partial charge >= 0.3 is 17.9 Å². The van der Waals surface area contributed by atoms with Crippen molar-refractivity contribution in [1.29, 1.82) is 0 Å². The van der Waals surface area contributed by atoms with Gasteiger partial charge in [-0.3, -0.25) is 14.4 Å². The Kier molecular flexibility index (Phi) is 8.56. The molecule has 1 aromatic rings. The average molecular weight is 410 g/mol. The SMILES string of the molecule is CO[C@H]1O[C@H](COC(C)=O)[C@@H](OC(C)=O)[C@H](OCc2ccccc2)[C@@H]1OC(C)=O. The summed E-state index contributed by atoms with van der Waals surface area (Å²) in [5.41, 5.74) is 0.868. The molecule has 0 N–H and O–H groups in total. The molecule has 0 saturated carbocycles. The predicted octanol–water partition coefficient (Wildman–Crippen LogP) is 1.37. The fraction of sp³-hybridized carbons (Fsp3) is 0.550. The summed E-state index contributed by atoms with van der Waals surface area (Å²) in [7, 11) is 1.38. The molecule has 1 saturated heterocycles. The molecule has 0 radical (unpaired) electrons. The van der Waals surface area contributed by atoms with Crippen LogP contribution in [0.3, 0.4) is 0 Å². The summed E-state index contributed by atoms with van der Waals surface area (Å²) >= 11 is 0. The van der Waals surface area contributed by atoms with E-state index in [2.05, 4.69) is 0 Å². The van der Waals surface area contributed by atoms with E-state index in [1.165, 1.54) is 27.9 Å². The minimum Gasteiger partial charge on any atom is -0.463 e. The van der Waals surface area contributed by atoms with Crippen LogP contribution in [0.15, 0.2) is 30.3 Å². The molecule has 0 amide bonds. The molecule has 29 heavy (non-hydrogen) atoms. The van der Waals surface area contributed by atoms with Crippen LogP contribution in [0.1, 0.15) is 26.3 Å². The summed E-state index contributed by atoms with van der Waals surface area (Å²) in [5.74, 6) is -1.68. The number of ether oxygens (including phenoxy) is 6. The summed E-state index contributed by atoms with van der Waals surface area (Å²) in [6.45, 7) is 3.71. The van der Waals surface area contributed by atoms with Crippen LogP contribution >= 0.6 is 0 Å². The third kappa shape index (κ3) is 6.81. The minimum absolute atomic E-state index is 0.164. The molecule has 0 aromatic heterocycles. The highest BCUT2D eigenvalue weighted by Crippen LogP contribution is 2.30. The Morgan fingerprint density at radius 2 is 1.52 bits per heavy atom. The summed E-state index contributed by atoms with van der Waals surface area (Å²) < 4.78 is 32.9. The van der Waals surface area contributed by atoms with Gasteiger partial charge in [-0.15, -0.1) is 0 Å². The zero-order valence-electron chi connectivity index (χ0n) is 16.9. The molecular formula is C20H26O9. The molecule has 1 aliphatic heterocycles. The number of hydrogen-bond donors (Lipinski definition) is 0. The number of hydrogen-bond acceptors (Lipinski definition) is 9. The van der Waals surface area contributed by atoms with Gasteiger partial charge in [0.2, 0.25) is 0 Å². The van der Waals surface area contributed by atoms with Crippen LogP contribution in [0, 0.1) is 0 Å². The predicted molar refractivity (Wildman–Crippen MR) is 98.4 cm³/mol. The number of benzene rings is 1. The molecular weight excluding hydrogens is 384 g/mol. The van der Waals surface area contributed by atoms with Crippen molar-refractivity contribution in [2.24, 2.45) is 0 Å².